The van der Waals surface area contributed by atoms with Crippen LogP contribution in [0.2, 0.25) is 0 Å². The Hall–Kier alpha value is -0.690. The van der Waals surface area contributed by atoms with Crippen molar-refractivity contribution in [3.8, 4) is 0 Å². The van der Waals surface area contributed by atoms with Crippen molar-refractivity contribution < 1.29 is 0 Å². The first-order valence-electron chi connectivity index (χ1n) is 12.5. The fraction of sp³-hybridized carbons (Fsp3) is 0.724. The van der Waals surface area contributed by atoms with Gasteiger partial charge in [-0.2, -0.15) is 0 Å². The molecule has 0 nitrogen and oxygen atoms in total. The lowest BCUT2D eigenvalue weighted by molar-refractivity contribution is 0.285. The maximum atomic E-state index is 5.15. The molecule has 0 bridgehead atoms. The van der Waals surface area contributed by atoms with Crippen molar-refractivity contribution >= 4 is 12.6 Å². The molecule has 0 aromatic heterocycles. The van der Waals surface area contributed by atoms with E-state index in [1.807, 2.05) is 13.8 Å². The topological polar surface area (TPSA) is 0 Å². The highest BCUT2D eigenvalue weighted by molar-refractivity contribution is 7.80. The lowest BCUT2D eigenvalue weighted by Crippen LogP contribution is -2.18. The zero-order valence-electron chi connectivity index (χ0n) is 22.1. The predicted molar refractivity (Wildman–Crippen MR) is 140 cm³/mol. The van der Waals surface area contributed by atoms with Crippen molar-refractivity contribution in [3.63, 3.8) is 0 Å². The molecule has 0 saturated carbocycles. The van der Waals surface area contributed by atoms with Gasteiger partial charge in [0, 0.05) is 4.90 Å². The second-order valence-corrected chi connectivity index (χ2v) is 11.4. The minimum Gasteiger partial charge on any atom is -0.143 e. The lowest BCUT2D eigenvalue weighted by atomic mass is 9.78. The highest BCUT2D eigenvalue weighted by Crippen LogP contribution is 2.45. The molecule has 1 atom stereocenters. The Morgan fingerprint density at radius 1 is 0.933 bits per heavy atom. The van der Waals surface area contributed by atoms with Gasteiger partial charge >= 0.3 is 0 Å². The van der Waals surface area contributed by atoms with Crippen LogP contribution in [-0.2, 0) is 32.1 Å². The molecular formula is C29H50S. The largest absolute Gasteiger partial charge is 0.143 e. The lowest BCUT2D eigenvalue weighted by Gasteiger charge is -2.28. The molecular weight excluding hydrogens is 380 g/mol. The highest BCUT2D eigenvalue weighted by Gasteiger charge is 2.33. The van der Waals surface area contributed by atoms with Gasteiger partial charge < -0.3 is 0 Å². The van der Waals surface area contributed by atoms with E-state index in [-0.39, 0.29) is 5.41 Å². The summed E-state index contributed by atoms with van der Waals surface area (Å²) < 4.78 is 0. The number of benzene rings is 1. The zero-order chi connectivity index (χ0) is 23.3. The van der Waals surface area contributed by atoms with E-state index in [4.69, 9.17) is 12.6 Å². The van der Waals surface area contributed by atoms with Crippen LogP contribution in [0.1, 0.15) is 117 Å². The first kappa shape index (κ1) is 27.3. The van der Waals surface area contributed by atoms with Crippen LogP contribution in [0.5, 0.6) is 0 Å². The average Bonchev–Trinajstić information content (AvgIpc) is 2.83. The average molecular weight is 431 g/mol. The maximum Gasteiger partial charge on any atom is 0.0110 e. The van der Waals surface area contributed by atoms with Gasteiger partial charge in [0.1, 0.15) is 0 Å². The van der Waals surface area contributed by atoms with Gasteiger partial charge in [-0.3, -0.25) is 0 Å². The van der Waals surface area contributed by atoms with E-state index >= 15 is 0 Å². The van der Waals surface area contributed by atoms with Crippen LogP contribution in [0.4, 0.5) is 0 Å². The summed E-state index contributed by atoms with van der Waals surface area (Å²) in [5.74, 6) is 0.739. The molecule has 0 spiro atoms. The summed E-state index contributed by atoms with van der Waals surface area (Å²) in [6.07, 6.45) is 10.9. The van der Waals surface area contributed by atoms with Crippen molar-refractivity contribution in [2.24, 2.45) is 16.7 Å². The molecule has 172 valence electrons. The third-order valence-electron chi connectivity index (χ3n) is 6.22. The van der Waals surface area contributed by atoms with Gasteiger partial charge in [-0.05, 0) is 90.0 Å². The Kier molecular flexibility index (Phi) is 10.3. The first-order chi connectivity index (χ1) is 13.9. The van der Waals surface area contributed by atoms with Crippen LogP contribution in [0.25, 0.3) is 0 Å². The minimum absolute atomic E-state index is 0.224. The van der Waals surface area contributed by atoms with E-state index in [0.717, 1.165) is 25.2 Å². The van der Waals surface area contributed by atoms with Gasteiger partial charge in [0.15, 0.2) is 0 Å². The Morgan fingerprint density at radius 3 is 2.03 bits per heavy atom. The number of fused-ring (bicyclic) bond motifs is 2. The van der Waals surface area contributed by atoms with Crippen LogP contribution in [0.15, 0.2) is 16.5 Å². The van der Waals surface area contributed by atoms with Crippen LogP contribution < -0.4 is 0 Å². The number of rotatable bonds is 1. The maximum absolute atomic E-state index is 5.15. The summed E-state index contributed by atoms with van der Waals surface area (Å²) in [5, 5.41) is 0. The van der Waals surface area contributed by atoms with Crippen molar-refractivity contribution in [2.45, 2.75) is 126 Å². The number of hydrogen-bond donors (Lipinski definition) is 1. The highest BCUT2D eigenvalue weighted by atomic mass is 32.1. The van der Waals surface area contributed by atoms with Crippen molar-refractivity contribution in [2.75, 3.05) is 0 Å². The van der Waals surface area contributed by atoms with E-state index in [2.05, 4.69) is 68.4 Å². The summed E-state index contributed by atoms with van der Waals surface area (Å²) in [6.45, 7) is 25.0. The molecule has 0 aliphatic heterocycles. The van der Waals surface area contributed by atoms with Crippen molar-refractivity contribution in [3.05, 3.63) is 39.5 Å². The van der Waals surface area contributed by atoms with Gasteiger partial charge in [0.2, 0.25) is 0 Å². The summed E-state index contributed by atoms with van der Waals surface area (Å²) in [5.41, 5.74) is 10.2. The van der Waals surface area contributed by atoms with Gasteiger partial charge in [-0.15, -0.1) is 12.6 Å². The second kappa shape index (κ2) is 11.3. The fourth-order valence-electron chi connectivity index (χ4n) is 5.70. The Bertz CT molecular complexity index is 733. The second-order valence-electron chi connectivity index (χ2n) is 11.0. The quantitative estimate of drug-likeness (QED) is 0.256. The summed E-state index contributed by atoms with van der Waals surface area (Å²) in [4.78, 5) is 1.32. The van der Waals surface area contributed by atoms with E-state index in [1.165, 1.54) is 36.2 Å². The fourth-order valence-corrected chi connectivity index (χ4v) is 6.14. The molecule has 0 heterocycles. The monoisotopic (exact) mass is 430 g/mol. The molecule has 0 saturated heterocycles. The molecule has 2 aliphatic carbocycles. The third-order valence-corrected chi connectivity index (χ3v) is 6.76. The first-order valence-corrected chi connectivity index (χ1v) is 12.9. The Labute approximate surface area is 194 Å². The smallest absolute Gasteiger partial charge is 0.0110 e. The van der Waals surface area contributed by atoms with Crippen LogP contribution in [0, 0.1) is 16.7 Å². The number of thiol groups is 1. The van der Waals surface area contributed by atoms with Crippen LogP contribution >= 0.6 is 12.6 Å². The molecule has 30 heavy (non-hydrogen) atoms. The van der Waals surface area contributed by atoms with Gasteiger partial charge in [-0.1, -0.05) is 87.3 Å². The molecule has 0 N–H and O–H groups in total. The molecule has 1 aromatic rings. The summed E-state index contributed by atoms with van der Waals surface area (Å²) >= 11 is 5.15. The molecule has 1 unspecified atom stereocenters. The number of hydrogen-bond acceptors (Lipinski definition) is 1. The molecule has 1 heteroatoms. The third kappa shape index (κ3) is 6.65. The van der Waals surface area contributed by atoms with E-state index < -0.39 is 0 Å². The van der Waals surface area contributed by atoms with E-state index in [0.29, 0.717) is 5.41 Å². The molecule has 0 radical (unpaired) electrons. The minimum atomic E-state index is 0.224. The zero-order valence-corrected chi connectivity index (χ0v) is 22.9. The normalized spacial score (nSPS) is 21.3. The predicted octanol–water partition coefficient (Wildman–Crippen LogP) is 9.20. The van der Waals surface area contributed by atoms with Gasteiger partial charge in [-0.25, -0.2) is 0 Å². The molecule has 0 amide bonds. The SMILES string of the molecule is CC.CCC.CCc1c2c(c(S)c3c1CC(C)(C)CC(C)C3)CC(C)(C)C=C(C)C2. The Morgan fingerprint density at radius 2 is 1.50 bits per heavy atom. The summed E-state index contributed by atoms with van der Waals surface area (Å²) in [7, 11) is 0. The number of allylic oxidation sites excluding steroid dienone is 2. The molecule has 1 aromatic carbocycles. The summed E-state index contributed by atoms with van der Waals surface area (Å²) in [6, 6.07) is 0. The van der Waals surface area contributed by atoms with Crippen LogP contribution in [-0.4, -0.2) is 0 Å². The van der Waals surface area contributed by atoms with Crippen molar-refractivity contribution in [1.82, 2.24) is 0 Å². The van der Waals surface area contributed by atoms with Crippen molar-refractivity contribution in [1.29, 1.82) is 0 Å². The van der Waals surface area contributed by atoms with Gasteiger partial charge in [0.25, 0.3) is 0 Å². The van der Waals surface area contributed by atoms with E-state index in [9.17, 15) is 0 Å². The van der Waals surface area contributed by atoms with E-state index in [1.54, 1.807) is 27.8 Å². The van der Waals surface area contributed by atoms with Crippen LogP contribution in [0.3, 0.4) is 0 Å². The van der Waals surface area contributed by atoms with Gasteiger partial charge in [0.05, 0.1) is 0 Å². The molecule has 3 rings (SSSR count). The Balaban J connectivity index is 0.000000826. The molecule has 0 fully saturated rings. The molecule has 2 aliphatic rings. The standard InChI is InChI=1S/C24H36S.C3H8.C2H6/c1-8-17-18-9-15(2)11-24(6,7)14-21(18)22(25)19-10-16(3)12-23(4,5)13-20(17)19;1-3-2;1-2/h11,16,25H,8-10,12-14H2,1-7H3;3H2,1-2H3;1-2H3.